The maximum absolute atomic E-state index is 12.2. The van der Waals surface area contributed by atoms with Crippen LogP contribution in [0.2, 0.25) is 0 Å². The van der Waals surface area contributed by atoms with E-state index in [9.17, 15) is 8.42 Å². The molecular formula is C13H19NO2S. The number of unbranched alkanes of at least 4 members (excludes halogenated alkanes) is 3. The van der Waals surface area contributed by atoms with Crippen molar-refractivity contribution in [2.24, 2.45) is 0 Å². The maximum Gasteiger partial charge on any atom is 0.243 e. The van der Waals surface area contributed by atoms with Crippen LogP contribution in [0.1, 0.15) is 38.2 Å². The lowest BCUT2D eigenvalue weighted by Gasteiger charge is -2.13. The van der Waals surface area contributed by atoms with Crippen LogP contribution in [0.4, 0.5) is 0 Å². The second kappa shape index (κ2) is 5.19. The van der Waals surface area contributed by atoms with E-state index in [1.54, 1.807) is 16.4 Å². The van der Waals surface area contributed by atoms with Crippen molar-refractivity contribution in [3.05, 3.63) is 29.8 Å². The van der Waals surface area contributed by atoms with Gasteiger partial charge in [-0.25, -0.2) is 8.42 Å². The number of hydrogen-bond acceptors (Lipinski definition) is 2. The molecule has 0 amide bonds. The number of hydrogen-bond donors (Lipinski definition) is 0. The lowest BCUT2D eigenvalue weighted by molar-refractivity contribution is 0.409. The Labute approximate surface area is 104 Å². The first-order chi connectivity index (χ1) is 8.16. The number of sulfonamides is 1. The van der Waals surface area contributed by atoms with Gasteiger partial charge in [-0.3, -0.25) is 0 Å². The molecule has 94 valence electrons. The van der Waals surface area contributed by atoms with Crippen molar-refractivity contribution < 1.29 is 8.42 Å². The van der Waals surface area contributed by atoms with Crippen molar-refractivity contribution in [2.45, 2.75) is 44.0 Å². The topological polar surface area (TPSA) is 37.4 Å². The standard InChI is InChI=1S/C13H19NO2S/c1-2-3-4-7-10-14-11-12-8-5-6-9-13(12)17(14,15)16/h5-6,8-9H,2-4,7,10-11H2,1H3. The van der Waals surface area contributed by atoms with Gasteiger partial charge in [-0.1, -0.05) is 44.4 Å². The molecule has 0 atom stereocenters. The molecule has 0 aliphatic carbocycles. The second-order valence-electron chi connectivity index (χ2n) is 4.51. The summed E-state index contributed by atoms with van der Waals surface area (Å²) in [5, 5.41) is 0. The van der Waals surface area contributed by atoms with Gasteiger partial charge in [-0.05, 0) is 18.1 Å². The van der Waals surface area contributed by atoms with Gasteiger partial charge in [-0.15, -0.1) is 0 Å². The highest BCUT2D eigenvalue weighted by atomic mass is 32.2. The molecule has 1 aliphatic rings. The van der Waals surface area contributed by atoms with E-state index < -0.39 is 10.0 Å². The smallest absolute Gasteiger partial charge is 0.207 e. The minimum absolute atomic E-state index is 0.496. The summed E-state index contributed by atoms with van der Waals surface area (Å²) in [6.45, 7) is 3.35. The monoisotopic (exact) mass is 253 g/mol. The molecule has 0 unspecified atom stereocenters. The Balaban J connectivity index is 2.04. The number of fused-ring (bicyclic) bond motifs is 1. The van der Waals surface area contributed by atoms with Crippen LogP contribution < -0.4 is 0 Å². The lowest BCUT2D eigenvalue weighted by atomic mass is 10.2. The second-order valence-corrected chi connectivity index (χ2v) is 6.41. The van der Waals surface area contributed by atoms with E-state index in [0.717, 1.165) is 18.4 Å². The highest BCUT2D eigenvalue weighted by molar-refractivity contribution is 7.89. The predicted octanol–water partition coefficient (Wildman–Crippen LogP) is 2.77. The van der Waals surface area contributed by atoms with Crippen LogP contribution in [0.5, 0.6) is 0 Å². The Morgan fingerprint density at radius 2 is 1.94 bits per heavy atom. The van der Waals surface area contributed by atoms with Crippen LogP contribution in [0.25, 0.3) is 0 Å². The van der Waals surface area contributed by atoms with Gasteiger partial charge >= 0.3 is 0 Å². The third-order valence-electron chi connectivity index (χ3n) is 3.20. The molecule has 1 aromatic carbocycles. The molecule has 0 radical (unpaired) electrons. The Morgan fingerprint density at radius 3 is 2.65 bits per heavy atom. The normalized spacial score (nSPS) is 18.2. The Bertz CT molecular complexity index is 482. The Morgan fingerprint density at radius 1 is 1.18 bits per heavy atom. The van der Waals surface area contributed by atoms with Gasteiger partial charge in [0.25, 0.3) is 0 Å². The van der Waals surface area contributed by atoms with Crippen LogP contribution in [0.3, 0.4) is 0 Å². The maximum atomic E-state index is 12.2. The first-order valence-electron chi connectivity index (χ1n) is 6.24. The number of rotatable bonds is 5. The molecule has 0 saturated carbocycles. The van der Waals surface area contributed by atoms with Crippen molar-refractivity contribution in [3.8, 4) is 0 Å². The molecule has 2 rings (SSSR count). The minimum atomic E-state index is -3.20. The zero-order chi connectivity index (χ0) is 12.3. The molecule has 4 heteroatoms. The minimum Gasteiger partial charge on any atom is -0.207 e. The molecule has 17 heavy (non-hydrogen) atoms. The summed E-state index contributed by atoms with van der Waals surface area (Å²) in [4.78, 5) is 0.496. The van der Waals surface area contributed by atoms with Gasteiger partial charge < -0.3 is 0 Å². The molecule has 1 heterocycles. The molecular weight excluding hydrogens is 234 g/mol. The predicted molar refractivity (Wildman–Crippen MR) is 68.2 cm³/mol. The van der Waals surface area contributed by atoms with Crippen LogP contribution in [0, 0.1) is 0 Å². The molecule has 1 aliphatic heterocycles. The van der Waals surface area contributed by atoms with E-state index in [1.807, 2.05) is 12.1 Å². The van der Waals surface area contributed by atoms with Crippen molar-refractivity contribution in [2.75, 3.05) is 6.54 Å². The molecule has 0 bridgehead atoms. The van der Waals surface area contributed by atoms with Gasteiger partial charge in [0, 0.05) is 13.1 Å². The largest absolute Gasteiger partial charge is 0.243 e. The van der Waals surface area contributed by atoms with Crippen molar-refractivity contribution in [3.63, 3.8) is 0 Å². The van der Waals surface area contributed by atoms with Gasteiger partial charge in [0.1, 0.15) is 0 Å². The van der Waals surface area contributed by atoms with Crippen molar-refractivity contribution in [1.82, 2.24) is 4.31 Å². The summed E-state index contributed by atoms with van der Waals surface area (Å²) >= 11 is 0. The molecule has 0 spiro atoms. The highest BCUT2D eigenvalue weighted by Crippen LogP contribution is 2.29. The van der Waals surface area contributed by atoms with Crippen LogP contribution >= 0.6 is 0 Å². The first-order valence-corrected chi connectivity index (χ1v) is 7.68. The van der Waals surface area contributed by atoms with Crippen LogP contribution in [0.15, 0.2) is 29.2 Å². The molecule has 3 nitrogen and oxygen atoms in total. The quantitative estimate of drug-likeness (QED) is 0.757. The fourth-order valence-corrected chi connectivity index (χ4v) is 3.89. The average Bonchev–Trinajstić information content (AvgIpc) is 2.58. The van der Waals surface area contributed by atoms with Crippen LogP contribution in [-0.4, -0.2) is 19.3 Å². The zero-order valence-electron chi connectivity index (χ0n) is 10.2. The number of benzene rings is 1. The summed E-state index contributed by atoms with van der Waals surface area (Å²) in [5.74, 6) is 0. The van der Waals surface area contributed by atoms with E-state index >= 15 is 0 Å². The van der Waals surface area contributed by atoms with Gasteiger partial charge in [-0.2, -0.15) is 4.31 Å². The van der Waals surface area contributed by atoms with Gasteiger partial charge in [0.15, 0.2) is 0 Å². The summed E-state index contributed by atoms with van der Waals surface area (Å²) < 4.78 is 26.0. The van der Waals surface area contributed by atoms with Gasteiger partial charge in [0.05, 0.1) is 4.90 Å². The highest BCUT2D eigenvalue weighted by Gasteiger charge is 2.33. The summed E-state index contributed by atoms with van der Waals surface area (Å²) in [6.07, 6.45) is 4.42. The third-order valence-corrected chi connectivity index (χ3v) is 5.14. The number of nitrogens with zero attached hydrogens (tertiary/aromatic N) is 1. The summed E-state index contributed by atoms with van der Waals surface area (Å²) in [7, 11) is -3.20. The van der Waals surface area contributed by atoms with Crippen LogP contribution in [-0.2, 0) is 16.6 Å². The molecule has 0 N–H and O–H groups in total. The van der Waals surface area contributed by atoms with E-state index in [2.05, 4.69) is 6.92 Å². The fraction of sp³-hybridized carbons (Fsp3) is 0.538. The van der Waals surface area contributed by atoms with E-state index in [0.29, 0.717) is 18.0 Å². The Kier molecular flexibility index (Phi) is 3.84. The summed E-state index contributed by atoms with van der Waals surface area (Å²) in [6, 6.07) is 7.29. The van der Waals surface area contributed by atoms with E-state index in [-0.39, 0.29) is 0 Å². The summed E-state index contributed by atoms with van der Waals surface area (Å²) in [5.41, 5.74) is 0.933. The average molecular weight is 253 g/mol. The third kappa shape index (κ3) is 2.53. The lowest BCUT2D eigenvalue weighted by Crippen LogP contribution is -2.25. The molecule has 0 fully saturated rings. The van der Waals surface area contributed by atoms with Gasteiger partial charge in [0.2, 0.25) is 10.0 Å². The van der Waals surface area contributed by atoms with Crippen molar-refractivity contribution >= 4 is 10.0 Å². The molecule has 1 aromatic rings. The zero-order valence-corrected chi connectivity index (χ0v) is 11.0. The van der Waals surface area contributed by atoms with E-state index in [4.69, 9.17) is 0 Å². The SMILES string of the molecule is CCCCCCN1Cc2ccccc2S1(=O)=O. The molecule has 0 aromatic heterocycles. The fourth-order valence-electron chi connectivity index (χ4n) is 2.21. The molecule has 0 saturated heterocycles. The first kappa shape index (κ1) is 12.6. The van der Waals surface area contributed by atoms with Crippen molar-refractivity contribution in [1.29, 1.82) is 0 Å². The van der Waals surface area contributed by atoms with E-state index in [1.165, 1.54) is 12.8 Å². The Hall–Kier alpha value is -0.870.